The van der Waals surface area contributed by atoms with Crippen LogP contribution in [0.2, 0.25) is 0 Å². The number of rotatable bonds is 4. The highest BCUT2D eigenvalue weighted by atomic mass is 15.0. The second-order valence-corrected chi connectivity index (χ2v) is 18.7. The Morgan fingerprint density at radius 3 is 1.24 bits per heavy atom. The second-order valence-electron chi connectivity index (χ2n) is 18.7. The van der Waals surface area contributed by atoms with E-state index in [2.05, 4.69) is 170 Å². The number of fused-ring (bicyclic) bond motifs is 13. The molecule has 15 rings (SSSR count). The molecular weight excluding hydrogens is 751 g/mol. The third-order valence-electron chi connectivity index (χ3n) is 15.6. The molecule has 1 aromatic heterocycles. The Bertz CT molecular complexity index is 3430. The minimum Gasteiger partial charge on any atom is -0.208 e. The summed E-state index contributed by atoms with van der Waals surface area (Å²) in [6.07, 6.45) is 6.82. The summed E-state index contributed by atoms with van der Waals surface area (Å²) in [5, 5.41) is 10.9. The van der Waals surface area contributed by atoms with E-state index in [1.165, 1.54) is 97.4 Å². The Labute approximate surface area is 361 Å². The van der Waals surface area contributed by atoms with Gasteiger partial charge in [0.1, 0.15) is 0 Å². The van der Waals surface area contributed by atoms with Crippen molar-refractivity contribution in [3.8, 4) is 56.4 Å². The van der Waals surface area contributed by atoms with Gasteiger partial charge in [-0.05, 0) is 138 Å². The topological polar surface area (TPSA) is 38.7 Å². The van der Waals surface area contributed by atoms with Crippen LogP contribution < -0.4 is 0 Å². The van der Waals surface area contributed by atoms with Gasteiger partial charge in [-0.2, -0.15) is 0 Å². The van der Waals surface area contributed by atoms with E-state index in [0.29, 0.717) is 29.3 Å². The highest BCUT2D eigenvalue weighted by Gasteiger charge is 2.63. The van der Waals surface area contributed by atoms with Gasteiger partial charge in [0.2, 0.25) is 0 Å². The molecule has 3 heteroatoms. The first-order valence-electron chi connectivity index (χ1n) is 22.6. The number of benzene rings is 9. The molecule has 0 radical (unpaired) electrons. The zero-order valence-electron chi connectivity index (χ0n) is 34.4. The van der Waals surface area contributed by atoms with E-state index in [1.54, 1.807) is 11.1 Å². The minimum absolute atomic E-state index is 0.0159. The Morgan fingerprint density at radius 1 is 0.306 bits per heavy atom. The van der Waals surface area contributed by atoms with Crippen molar-refractivity contribution in [2.75, 3.05) is 0 Å². The third kappa shape index (κ3) is 4.79. The summed E-state index contributed by atoms with van der Waals surface area (Å²) >= 11 is 0. The maximum absolute atomic E-state index is 5.27. The lowest BCUT2D eigenvalue weighted by atomic mass is 9.42. The number of aromatic nitrogens is 3. The summed E-state index contributed by atoms with van der Waals surface area (Å²) in [6, 6.07) is 64.5. The zero-order valence-corrected chi connectivity index (χ0v) is 34.4. The van der Waals surface area contributed by atoms with E-state index in [4.69, 9.17) is 15.0 Å². The molecule has 4 fully saturated rings. The van der Waals surface area contributed by atoms with Gasteiger partial charge in [0, 0.05) is 22.1 Å². The van der Waals surface area contributed by atoms with Gasteiger partial charge in [0.25, 0.3) is 0 Å². The SMILES string of the molecule is c1ccc(-c2ccc(-c3nc(-c4ccccc4)nc(-c4ccc5c6c(c7ccccc7c5c4)C4(c5c-6c6ccccc6c6ccccc56)C5CC6CC(C5)CC4C6)n3)cc2)cc1. The highest BCUT2D eigenvalue weighted by molar-refractivity contribution is 6.26. The van der Waals surface area contributed by atoms with Gasteiger partial charge in [0.05, 0.1) is 0 Å². The maximum Gasteiger partial charge on any atom is 0.164 e. The lowest BCUT2D eigenvalue weighted by molar-refractivity contribution is -0.0387. The molecule has 5 aliphatic rings. The van der Waals surface area contributed by atoms with E-state index in [-0.39, 0.29) is 5.41 Å². The Kier molecular flexibility index (Phi) is 7.29. The molecule has 0 N–H and O–H groups in total. The summed E-state index contributed by atoms with van der Waals surface area (Å²) in [4.78, 5) is 15.6. The van der Waals surface area contributed by atoms with Crippen molar-refractivity contribution in [2.45, 2.75) is 37.5 Å². The van der Waals surface area contributed by atoms with Crippen molar-refractivity contribution in [3.63, 3.8) is 0 Å². The molecule has 3 nitrogen and oxygen atoms in total. The molecule has 0 aliphatic heterocycles. The van der Waals surface area contributed by atoms with Gasteiger partial charge in [-0.1, -0.05) is 170 Å². The molecule has 294 valence electrons. The van der Waals surface area contributed by atoms with Crippen molar-refractivity contribution in [3.05, 3.63) is 187 Å². The van der Waals surface area contributed by atoms with Crippen LogP contribution in [0.15, 0.2) is 176 Å². The van der Waals surface area contributed by atoms with Crippen LogP contribution in [-0.2, 0) is 5.41 Å². The summed E-state index contributed by atoms with van der Waals surface area (Å²) in [5.74, 6) is 5.04. The largest absolute Gasteiger partial charge is 0.208 e. The van der Waals surface area contributed by atoms with Crippen LogP contribution >= 0.6 is 0 Å². The van der Waals surface area contributed by atoms with Gasteiger partial charge in [-0.15, -0.1) is 0 Å². The molecule has 0 atom stereocenters. The van der Waals surface area contributed by atoms with Gasteiger partial charge in [-0.25, -0.2) is 15.0 Å². The van der Waals surface area contributed by atoms with E-state index in [9.17, 15) is 0 Å². The average molecular weight is 794 g/mol. The Morgan fingerprint density at radius 2 is 0.677 bits per heavy atom. The minimum atomic E-state index is -0.0159. The molecule has 1 heterocycles. The van der Waals surface area contributed by atoms with Crippen LogP contribution in [-0.4, -0.2) is 15.0 Å². The first kappa shape index (κ1) is 34.7. The van der Waals surface area contributed by atoms with Crippen LogP contribution in [0.5, 0.6) is 0 Å². The molecule has 4 saturated carbocycles. The molecule has 0 unspecified atom stereocenters. The van der Waals surface area contributed by atoms with Gasteiger partial charge < -0.3 is 0 Å². The Balaban J connectivity index is 1.04. The molecule has 0 amide bonds. The molecule has 10 aromatic rings. The van der Waals surface area contributed by atoms with E-state index in [1.807, 2.05) is 6.07 Å². The van der Waals surface area contributed by atoms with Crippen molar-refractivity contribution in [1.29, 1.82) is 0 Å². The highest BCUT2D eigenvalue weighted by Crippen LogP contribution is 2.72. The fourth-order valence-corrected chi connectivity index (χ4v) is 13.5. The van der Waals surface area contributed by atoms with Crippen LogP contribution in [0.25, 0.3) is 99.5 Å². The van der Waals surface area contributed by atoms with Crippen molar-refractivity contribution in [1.82, 2.24) is 15.0 Å². The normalized spacial score (nSPS) is 21.9. The van der Waals surface area contributed by atoms with Crippen molar-refractivity contribution < 1.29 is 0 Å². The molecule has 5 aliphatic carbocycles. The maximum atomic E-state index is 5.27. The fraction of sp³-hybridized carbons (Fsp3) is 0.169. The summed E-state index contributed by atoms with van der Waals surface area (Å²) < 4.78 is 0. The summed E-state index contributed by atoms with van der Waals surface area (Å²) in [6.45, 7) is 0. The molecule has 0 saturated heterocycles. The van der Waals surface area contributed by atoms with Crippen LogP contribution in [0.4, 0.5) is 0 Å². The quantitative estimate of drug-likeness (QED) is 0.167. The van der Waals surface area contributed by atoms with E-state index < -0.39 is 0 Å². The van der Waals surface area contributed by atoms with Gasteiger partial charge in [0.15, 0.2) is 17.5 Å². The van der Waals surface area contributed by atoms with Crippen LogP contribution in [0, 0.1) is 23.7 Å². The molecule has 9 aromatic carbocycles. The molecule has 62 heavy (non-hydrogen) atoms. The first-order valence-corrected chi connectivity index (χ1v) is 22.6. The predicted octanol–water partition coefficient (Wildman–Crippen LogP) is 14.9. The molecule has 4 bridgehead atoms. The van der Waals surface area contributed by atoms with Crippen LogP contribution in [0.1, 0.15) is 43.2 Å². The van der Waals surface area contributed by atoms with Gasteiger partial charge >= 0.3 is 0 Å². The van der Waals surface area contributed by atoms with E-state index >= 15 is 0 Å². The lowest BCUT2D eigenvalue weighted by Crippen LogP contribution is -2.55. The van der Waals surface area contributed by atoms with Gasteiger partial charge in [-0.3, -0.25) is 0 Å². The number of hydrogen-bond donors (Lipinski definition) is 0. The summed E-state index contributed by atoms with van der Waals surface area (Å²) in [7, 11) is 0. The third-order valence-corrected chi connectivity index (χ3v) is 15.6. The van der Waals surface area contributed by atoms with Crippen LogP contribution in [0.3, 0.4) is 0 Å². The van der Waals surface area contributed by atoms with Crippen molar-refractivity contribution >= 4 is 43.1 Å². The Hall–Kier alpha value is -6.97. The molecular formula is C59H43N3. The monoisotopic (exact) mass is 793 g/mol. The average Bonchev–Trinajstić information content (AvgIpc) is 3.67. The molecule has 1 spiro atoms. The first-order chi connectivity index (χ1) is 30.7. The number of hydrogen-bond acceptors (Lipinski definition) is 3. The fourth-order valence-electron chi connectivity index (χ4n) is 13.5. The second kappa shape index (κ2) is 13.0. The number of nitrogens with zero attached hydrogens (tertiary/aromatic N) is 3. The zero-order chi connectivity index (χ0) is 40.5. The summed E-state index contributed by atoms with van der Waals surface area (Å²) in [5.41, 5.74) is 11.5. The lowest BCUT2D eigenvalue weighted by Gasteiger charge is -2.61. The standard InChI is InChI=1S/C59H43N3/c1-3-13-37(14-4-1)38-23-25-40(26-24-38)57-60-56(39-15-5-2-6-16-39)61-58(62-57)41-27-28-48-51(34-41)46-19-9-12-22-50(46)55-53(48)52-47-20-10-7-17-44(47)45-18-8-11-21-49(45)54(52)59(55)42-30-35-29-36(32-42)33-43(59)31-35/h1-28,34-36,42-43H,29-33H2. The van der Waals surface area contributed by atoms with E-state index in [0.717, 1.165) is 28.5 Å². The van der Waals surface area contributed by atoms with Crippen molar-refractivity contribution in [2.24, 2.45) is 23.7 Å². The smallest absolute Gasteiger partial charge is 0.164 e. The predicted molar refractivity (Wildman–Crippen MR) is 255 cm³/mol.